The Morgan fingerprint density at radius 2 is 2.15 bits per heavy atom. The molecule has 1 aliphatic rings. The van der Waals surface area contributed by atoms with Gasteiger partial charge in [0.15, 0.2) is 0 Å². The molecule has 0 radical (unpaired) electrons. The summed E-state index contributed by atoms with van der Waals surface area (Å²) in [6.07, 6.45) is -0.500. The molecule has 0 aromatic heterocycles. The van der Waals surface area contributed by atoms with E-state index in [0.29, 0.717) is 17.0 Å². The summed E-state index contributed by atoms with van der Waals surface area (Å²) in [5.41, 5.74) is 6.42. The number of carbonyl (C=O) groups is 2. The van der Waals surface area contributed by atoms with Gasteiger partial charge in [-0.3, -0.25) is 14.5 Å². The highest BCUT2D eigenvalue weighted by Gasteiger charge is 2.30. The van der Waals surface area contributed by atoms with Gasteiger partial charge in [-0.2, -0.15) is 0 Å². The zero-order valence-electron chi connectivity index (χ0n) is 11.5. The van der Waals surface area contributed by atoms with E-state index in [0.717, 1.165) is 0 Å². The second kappa shape index (κ2) is 5.50. The fourth-order valence-electron chi connectivity index (χ4n) is 2.16. The third-order valence-electron chi connectivity index (χ3n) is 3.37. The molecule has 6 nitrogen and oxygen atoms in total. The van der Waals surface area contributed by atoms with Crippen LogP contribution in [0, 0.1) is 0 Å². The quantitative estimate of drug-likeness (QED) is 0.852. The van der Waals surface area contributed by atoms with Crippen molar-refractivity contribution in [1.29, 1.82) is 0 Å². The van der Waals surface area contributed by atoms with Gasteiger partial charge in [0.2, 0.25) is 11.8 Å². The van der Waals surface area contributed by atoms with Gasteiger partial charge in [-0.1, -0.05) is 6.07 Å². The Morgan fingerprint density at radius 3 is 2.75 bits per heavy atom. The van der Waals surface area contributed by atoms with Gasteiger partial charge in [0, 0.05) is 0 Å². The minimum absolute atomic E-state index is 0.177. The maximum absolute atomic E-state index is 12.2. The van der Waals surface area contributed by atoms with Gasteiger partial charge >= 0.3 is 0 Å². The van der Waals surface area contributed by atoms with Gasteiger partial charge in [0.05, 0.1) is 24.8 Å². The van der Waals surface area contributed by atoms with Crippen molar-refractivity contribution in [2.24, 2.45) is 5.73 Å². The Morgan fingerprint density at radius 1 is 1.45 bits per heavy atom. The molecule has 2 unspecified atom stereocenters. The molecule has 0 saturated carbocycles. The first-order valence-electron chi connectivity index (χ1n) is 6.48. The van der Waals surface area contributed by atoms with Crippen LogP contribution >= 0.6 is 0 Å². The summed E-state index contributed by atoms with van der Waals surface area (Å²) in [5, 5.41) is 9.66. The molecular formula is C14H18N2O4. The standard InChI is InChI=1S/C14H18N2O4/c1-8(14(15)19)16-11-7-10(9(2)17)3-4-12(11)20-6-5-13(16)18/h3-4,7-9,17H,5-6H2,1-2H3,(H2,15,19). The Balaban J connectivity index is 2.54. The minimum atomic E-state index is -0.771. The fourth-order valence-corrected chi connectivity index (χ4v) is 2.16. The third-order valence-corrected chi connectivity index (χ3v) is 3.37. The lowest BCUT2D eigenvalue weighted by molar-refractivity contribution is -0.124. The van der Waals surface area contributed by atoms with E-state index >= 15 is 0 Å². The molecule has 1 heterocycles. The topological polar surface area (TPSA) is 92.9 Å². The Hall–Kier alpha value is -2.08. The number of primary amides is 1. The smallest absolute Gasteiger partial charge is 0.240 e. The molecule has 3 N–H and O–H groups in total. The van der Waals surface area contributed by atoms with Gasteiger partial charge in [-0.15, -0.1) is 0 Å². The SMILES string of the molecule is CC(O)c1ccc2c(c1)N(C(C)C(N)=O)C(=O)CCO2. The van der Waals surface area contributed by atoms with Gasteiger partial charge in [0.25, 0.3) is 0 Å². The van der Waals surface area contributed by atoms with E-state index in [1.54, 1.807) is 32.0 Å². The Kier molecular flexibility index (Phi) is 3.94. The molecule has 0 aliphatic carbocycles. The van der Waals surface area contributed by atoms with Crippen LogP contribution in [0.5, 0.6) is 5.75 Å². The highest BCUT2D eigenvalue weighted by molar-refractivity contribution is 6.01. The van der Waals surface area contributed by atoms with Crippen LogP contribution in [0.2, 0.25) is 0 Å². The van der Waals surface area contributed by atoms with E-state index in [-0.39, 0.29) is 18.9 Å². The zero-order chi connectivity index (χ0) is 14.9. The van der Waals surface area contributed by atoms with Crippen LogP contribution in [0.4, 0.5) is 5.69 Å². The van der Waals surface area contributed by atoms with Crippen molar-refractivity contribution in [3.63, 3.8) is 0 Å². The molecule has 0 fully saturated rings. The second-order valence-electron chi connectivity index (χ2n) is 4.84. The van der Waals surface area contributed by atoms with Crippen LogP contribution in [-0.4, -0.2) is 29.6 Å². The molecule has 20 heavy (non-hydrogen) atoms. The molecule has 2 amide bonds. The number of ether oxygens (including phenoxy) is 1. The first-order valence-corrected chi connectivity index (χ1v) is 6.48. The van der Waals surface area contributed by atoms with Crippen molar-refractivity contribution in [3.8, 4) is 5.75 Å². The van der Waals surface area contributed by atoms with E-state index in [1.807, 2.05) is 0 Å². The lowest BCUT2D eigenvalue weighted by atomic mass is 10.1. The summed E-state index contributed by atoms with van der Waals surface area (Å²) < 4.78 is 5.52. The normalized spacial score (nSPS) is 17.8. The predicted molar refractivity (Wildman–Crippen MR) is 73.3 cm³/mol. The lowest BCUT2D eigenvalue weighted by Crippen LogP contribution is -2.46. The summed E-state index contributed by atoms with van der Waals surface area (Å²) in [6.45, 7) is 3.45. The summed E-state index contributed by atoms with van der Waals surface area (Å²) in [4.78, 5) is 24.9. The van der Waals surface area contributed by atoms with Gasteiger partial charge in [0.1, 0.15) is 11.8 Å². The molecule has 0 saturated heterocycles. The number of carbonyl (C=O) groups excluding carboxylic acids is 2. The molecular weight excluding hydrogens is 260 g/mol. The predicted octanol–water partition coefficient (Wildman–Crippen LogP) is 0.729. The van der Waals surface area contributed by atoms with Crippen LogP contribution in [-0.2, 0) is 9.59 Å². The third kappa shape index (κ3) is 2.60. The molecule has 6 heteroatoms. The maximum Gasteiger partial charge on any atom is 0.240 e. The maximum atomic E-state index is 12.2. The first-order chi connectivity index (χ1) is 9.41. The van der Waals surface area contributed by atoms with Crippen molar-refractivity contribution in [3.05, 3.63) is 23.8 Å². The molecule has 108 valence electrons. The average Bonchev–Trinajstić information content (AvgIpc) is 2.55. The molecule has 1 aromatic carbocycles. The highest BCUT2D eigenvalue weighted by atomic mass is 16.5. The largest absolute Gasteiger partial charge is 0.491 e. The number of aliphatic hydroxyl groups excluding tert-OH is 1. The lowest BCUT2D eigenvalue weighted by Gasteiger charge is -2.27. The van der Waals surface area contributed by atoms with Crippen molar-refractivity contribution in [1.82, 2.24) is 0 Å². The number of nitrogens with zero attached hydrogens (tertiary/aromatic N) is 1. The first kappa shape index (κ1) is 14.3. The number of hydrogen-bond acceptors (Lipinski definition) is 4. The molecule has 1 aliphatic heterocycles. The molecule has 2 rings (SSSR count). The summed E-state index contributed by atoms with van der Waals surface area (Å²) in [6, 6.07) is 4.30. The van der Waals surface area contributed by atoms with E-state index in [4.69, 9.17) is 10.5 Å². The van der Waals surface area contributed by atoms with Crippen LogP contribution < -0.4 is 15.4 Å². The summed E-state index contributed by atoms with van der Waals surface area (Å²) >= 11 is 0. The van der Waals surface area contributed by atoms with Crippen molar-refractivity contribution in [2.75, 3.05) is 11.5 Å². The summed E-state index contributed by atoms with van der Waals surface area (Å²) in [7, 11) is 0. The van der Waals surface area contributed by atoms with Crippen LogP contribution in [0.25, 0.3) is 0 Å². The van der Waals surface area contributed by atoms with E-state index in [9.17, 15) is 14.7 Å². The monoisotopic (exact) mass is 278 g/mol. The number of aliphatic hydroxyl groups is 1. The highest BCUT2D eigenvalue weighted by Crippen LogP contribution is 2.35. The number of rotatable bonds is 3. The summed E-state index contributed by atoms with van der Waals surface area (Å²) in [5.74, 6) is -0.306. The molecule has 2 atom stereocenters. The number of nitrogens with two attached hydrogens (primary N) is 1. The van der Waals surface area contributed by atoms with Gasteiger partial charge < -0.3 is 15.6 Å². The van der Waals surface area contributed by atoms with E-state index < -0.39 is 18.1 Å². The molecule has 1 aromatic rings. The average molecular weight is 278 g/mol. The number of anilines is 1. The Bertz CT molecular complexity index is 542. The number of amides is 2. The van der Waals surface area contributed by atoms with Crippen molar-refractivity contribution < 1.29 is 19.4 Å². The van der Waals surface area contributed by atoms with Gasteiger partial charge in [-0.25, -0.2) is 0 Å². The number of hydrogen-bond donors (Lipinski definition) is 2. The van der Waals surface area contributed by atoms with Crippen molar-refractivity contribution in [2.45, 2.75) is 32.4 Å². The molecule has 0 spiro atoms. The van der Waals surface area contributed by atoms with E-state index in [2.05, 4.69) is 0 Å². The fraction of sp³-hybridized carbons (Fsp3) is 0.429. The van der Waals surface area contributed by atoms with Crippen LogP contribution in [0.1, 0.15) is 31.9 Å². The van der Waals surface area contributed by atoms with Crippen LogP contribution in [0.3, 0.4) is 0 Å². The van der Waals surface area contributed by atoms with Crippen LogP contribution in [0.15, 0.2) is 18.2 Å². The zero-order valence-corrected chi connectivity index (χ0v) is 11.5. The number of fused-ring (bicyclic) bond motifs is 1. The second-order valence-corrected chi connectivity index (χ2v) is 4.84. The van der Waals surface area contributed by atoms with Gasteiger partial charge in [-0.05, 0) is 31.5 Å². The Labute approximate surface area is 117 Å². The van der Waals surface area contributed by atoms with Crippen molar-refractivity contribution >= 4 is 17.5 Å². The minimum Gasteiger partial charge on any atom is -0.491 e. The number of benzene rings is 1. The molecule has 0 bridgehead atoms. The van der Waals surface area contributed by atoms with E-state index in [1.165, 1.54) is 4.90 Å².